The average molecular weight is 416 g/mol. The number of amides is 3. The molecule has 24 heavy (non-hydrogen) atoms. The van der Waals surface area contributed by atoms with Crippen molar-refractivity contribution in [1.82, 2.24) is 15.5 Å². The molecule has 132 valence electrons. The molecule has 1 rings (SSSR count). The van der Waals surface area contributed by atoms with E-state index in [0.29, 0.717) is 16.5 Å². The summed E-state index contributed by atoms with van der Waals surface area (Å²) in [7, 11) is 3.24. The quantitative estimate of drug-likeness (QED) is 0.674. The predicted molar refractivity (Wildman–Crippen MR) is 100 cm³/mol. The van der Waals surface area contributed by atoms with Gasteiger partial charge < -0.3 is 15.5 Å². The lowest BCUT2D eigenvalue weighted by molar-refractivity contribution is -0.131. The summed E-state index contributed by atoms with van der Waals surface area (Å²) in [5, 5.41) is 5.32. The van der Waals surface area contributed by atoms with Gasteiger partial charge in [-0.15, -0.1) is 0 Å². The fourth-order valence-electron chi connectivity index (χ4n) is 1.83. The molecule has 8 heteroatoms. The second-order valence-corrected chi connectivity index (χ2v) is 7.13. The molecular weight excluding hydrogens is 394 g/mol. The van der Waals surface area contributed by atoms with E-state index in [9.17, 15) is 14.4 Å². The third kappa shape index (κ3) is 6.52. The van der Waals surface area contributed by atoms with E-state index in [1.54, 1.807) is 44.1 Å². The van der Waals surface area contributed by atoms with Gasteiger partial charge in [-0.3, -0.25) is 14.4 Å². The van der Waals surface area contributed by atoms with Crippen molar-refractivity contribution >= 4 is 45.4 Å². The van der Waals surface area contributed by atoms with Gasteiger partial charge in [0.25, 0.3) is 5.91 Å². The maximum atomic E-state index is 12.4. The minimum absolute atomic E-state index is 0.0908. The van der Waals surface area contributed by atoms with Gasteiger partial charge in [0.1, 0.15) is 6.04 Å². The van der Waals surface area contributed by atoms with Crippen LogP contribution in [0.4, 0.5) is 0 Å². The number of carbonyl (C=O) groups is 3. The highest BCUT2D eigenvalue weighted by Crippen LogP contribution is 2.16. The molecule has 0 unspecified atom stereocenters. The molecule has 2 N–H and O–H groups in total. The molecular formula is C16H22BrN3O3S. The van der Waals surface area contributed by atoms with Crippen molar-refractivity contribution < 1.29 is 14.4 Å². The van der Waals surface area contributed by atoms with Crippen LogP contribution in [0.15, 0.2) is 28.7 Å². The van der Waals surface area contributed by atoms with Crippen molar-refractivity contribution in [3.05, 3.63) is 34.3 Å². The number of benzene rings is 1. The summed E-state index contributed by atoms with van der Waals surface area (Å²) in [4.78, 5) is 37.7. The first-order valence-corrected chi connectivity index (χ1v) is 9.57. The van der Waals surface area contributed by atoms with Crippen LogP contribution in [0.2, 0.25) is 0 Å². The lowest BCUT2D eigenvalue weighted by Crippen LogP contribution is -2.49. The molecule has 0 heterocycles. The van der Waals surface area contributed by atoms with E-state index < -0.39 is 6.04 Å². The SMILES string of the molecule is CSCC[C@H](NC(=O)c1ccccc1Br)C(=O)NCC(=O)N(C)C. The maximum Gasteiger partial charge on any atom is 0.253 e. The van der Waals surface area contributed by atoms with Crippen LogP contribution in [0.3, 0.4) is 0 Å². The molecule has 1 aromatic carbocycles. The fourth-order valence-corrected chi connectivity index (χ4v) is 2.77. The maximum absolute atomic E-state index is 12.4. The van der Waals surface area contributed by atoms with Gasteiger partial charge in [-0.1, -0.05) is 12.1 Å². The molecule has 0 fully saturated rings. The predicted octanol–water partition coefficient (Wildman–Crippen LogP) is 1.50. The van der Waals surface area contributed by atoms with Crippen LogP contribution in [0.1, 0.15) is 16.8 Å². The van der Waals surface area contributed by atoms with Crippen LogP contribution in [-0.2, 0) is 9.59 Å². The summed E-state index contributed by atoms with van der Waals surface area (Å²) in [5.41, 5.74) is 0.462. The molecule has 1 atom stereocenters. The van der Waals surface area contributed by atoms with Crippen molar-refractivity contribution in [1.29, 1.82) is 0 Å². The molecule has 0 aromatic heterocycles. The average Bonchev–Trinajstić information content (AvgIpc) is 2.56. The van der Waals surface area contributed by atoms with Gasteiger partial charge >= 0.3 is 0 Å². The van der Waals surface area contributed by atoms with Gasteiger partial charge in [0, 0.05) is 18.6 Å². The van der Waals surface area contributed by atoms with Crippen molar-refractivity contribution in [2.45, 2.75) is 12.5 Å². The van der Waals surface area contributed by atoms with Crippen LogP contribution in [0, 0.1) is 0 Å². The van der Waals surface area contributed by atoms with E-state index in [2.05, 4.69) is 26.6 Å². The third-order valence-corrected chi connectivity index (χ3v) is 4.60. The van der Waals surface area contributed by atoms with E-state index in [4.69, 9.17) is 0 Å². The van der Waals surface area contributed by atoms with Gasteiger partial charge in [-0.2, -0.15) is 11.8 Å². The Kier molecular flexibility index (Phi) is 8.84. The molecule has 0 aliphatic rings. The summed E-state index contributed by atoms with van der Waals surface area (Å²) in [6, 6.07) is 6.32. The van der Waals surface area contributed by atoms with Crippen molar-refractivity contribution in [3.8, 4) is 0 Å². The van der Waals surface area contributed by atoms with Crippen molar-refractivity contribution in [3.63, 3.8) is 0 Å². The molecule has 0 bridgehead atoms. The second kappa shape index (κ2) is 10.4. The summed E-state index contributed by atoms with van der Waals surface area (Å²) in [6.07, 6.45) is 2.42. The van der Waals surface area contributed by atoms with E-state index in [-0.39, 0.29) is 24.3 Å². The first-order valence-electron chi connectivity index (χ1n) is 7.39. The first-order chi connectivity index (χ1) is 11.4. The number of rotatable bonds is 8. The van der Waals surface area contributed by atoms with Crippen LogP contribution in [0.25, 0.3) is 0 Å². The zero-order valence-corrected chi connectivity index (χ0v) is 16.4. The van der Waals surface area contributed by atoms with Gasteiger partial charge in [-0.05, 0) is 46.5 Å². The highest BCUT2D eigenvalue weighted by atomic mass is 79.9. The zero-order chi connectivity index (χ0) is 18.1. The Balaban J connectivity index is 2.74. The number of carbonyl (C=O) groups excluding carboxylic acids is 3. The minimum atomic E-state index is -0.688. The Morgan fingerprint density at radius 3 is 2.50 bits per heavy atom. The Morgan fingerprint density at radius 2 is 1.92 bits per heavy atom. The highest BCUT2D eigenvalue weighted by Gasteiger charge is 2.22. The van der Waals surface area contributed by atoms with E-state index in [1.165, 1.54) is 4.90 Å². The lowest BCUT2D eigenvalue weighted by Gasteiger charge is -2.19. The van der Waals surface area contributed by atoms with Gasteiger partial charge in [-0.25, -0.2) is 0 Å². The molecule has 0 aliphatic carbocycles. The number of likely N-dealkylation sites (N-methyl/N-ethyl adjacent to an activating group) is 1. The van der Waals surface area contributed by atoms with Crippen LogP contribution >= 0.6 is 27.7 Å². The van der Waals surface area contributed by atoms with Crippen molar-refractivity contribution in [2.75, 3.05) is 32.6 Å². The van der Waals surface area contributed by atoms with E-state index in [0.717, 1.165) is 5.75 Å². The van der Waals surface area contributed by atoms with Gasteiger partial charge in [0.05, 0.1) is 12.1 Å². The smallest absolute Gasteiger partial charge is 0.253 e. The zero-order valence-electron chi connectivity index (χ0n) is 14.0. The van der Waals surface area contributed by atoms with Crippen LogP contribution in [0.5, 0.6) is 0 Å². The third-order valence-electron chi connectivity index (χ3n) is 3.26. The summed E-state index contributed by atoms with van der Waals surface area (Å²) in [6.45, 7) is -0.0908. The molecule has 3 amide bonds. The molecule has 6 nitrogen and oxygen atoms in total. The lowest BCUT2D eigenvalue weighted by atomic mass is 10.1. The van der Waals surface area contributed by atoms with Gasteiger partial charge in [0.15, 0.2) is 0 Å². The molecule has 1 aromatic rings. The first kappa shape index (κ1) is 20.5. The fraction of sp³-hybridized carbons (Fsp3) is 0.438. The summed E-state index contributed by atoms with van der Waals surface area (Å²) in [5.74, 6) is -0.179. The summed E-state index contributed by atoms with van der Waals surface area (Å²) >= 11 is 4.91. The number of hydrogen-bond acceptors (Lipinski definition) is 4. The summed E-state index contributed by atoms with van der Waals surface area (Å²) < 4.78 is 0.661. The molecule has 0 saturated carbocycles. The number of hydrogen-bond donors (Lipinski definition) is 2. The monoisotopic (exact) mass is 415 g/mol. The topological polar surface area (TPSA) is 78.5 Å². The van der Waals surface area contributed by atoms with E-state index >= 15 is 0 Å². The van der Waals surface area contributed by atoms with Crippen LogP contribution in [-0.4, -0.2) is 61.3 Å². The highest BCUT2D eigenvalue weighted by molar-refractivity contribution is 9.10. The molecule has 0 radical (unpaired) electrons. The molecule has 0 aliphatic heterocycles. The number of nitrogens with one attached hydrogen (secondary N) is 2. The second-order valence-electron chi connectivity index (χ2n) is 5.29. The number of nitrogens with zero attached hydrogens (tertiary/aromatic N) is 1. The normalized spacial score (nSPS) is 11.5. The van der Waals surface area contributed by atoms with Crippen molar-refractivity contribution in [2.24, 2.45) is 0 Å². The number of thioether (sulfide) groups is 1. The van der Waals surface area contributed by atoms with E-state index in [1.807, 2.05) is 12.3 Å². The molecule has 0 spiro atoms. The Labute approximate surface area is 154 Å². The number of halogens is 1. The largest absolute Gasteiger partial charge is 0.347 e. The minimum Gasteiger partial charge on any atom is -0.347 e. The Morgan fingerprint density at radius 1 is 1.25 bits per heavy atom. The molecule has 0 saturated heterocycles. The Bertz CT molecular complexity index is 596. The van der Waals surface area contributed by atoms with Crippen LogP contribution < -0.4 is 10.6 Å². The van der Waals surface area contributed by atoms with Gasteiger partial charge in [0.2, 0.25) is 11.8 Å². The standard InChI is InChI=1S/C16H22BrN3O3S/c1-20(2)14(21)10-18-16(23)13(8-9-24-3)19-15(22)11-6-4-5-7-12(11)17/h4-7,13H,8-10H2,1-3H3,(H,18,23)(H,19,22)/t13-/m0/s1. The Hall–Kier alpha value is -1.54.